The molecule has 0 amide bonds. The number of esters is 1. The molecule has 1 aromatic heterocycles. The Morgan fingerprint density at radius 3 is 2.92 bits per heavy atom. The molecule has 1 aliphatic rings. The fraction of sp³-hybridized carbons (Fsp3) is 0.333. The number of ether oxygens (including phenoxy) is 1. The highest BCUT2D eigenvalue weighted by molar-refractivity contribution is 5.89. The molecule has 0 aliphatic carbocycles. The lowest BCUT2D eigenvalue weighted by atomic mass is 10.0. The van der Waals surface area contributed by atoms with Crippen molar-refractivity contribution in [2.75, 3.05) is 18.1 Å². The first-order valence-corrected chi connectivity index (χ1v) is 7.92. The number of aliphatic hydroxyl groups excluding tert-OH is 1. The number of anilines is 1. The molecular formula is C18H19FN2O3. The number of carbonyl (C=O) groups excluding carboxylic acids is 1. The van der Waals surface area contributed by atoms with Gasteiger partial charge in [0.05, 0.1) is 24.3 Å². The average Bonchev–Trinajstić information content (AvgIpc) is 2.97. The van der Waals surface area contributed by atoms with Crippen molar-refractivity contribution in [2.24, 2.45) is 0 Å². The van der Waals surface area contributed by atoms with E-state index in [1.165, 1.54) is 18.3 Å². The maximum absolute atomic E-state index is 13.5. The first-order valence-electron chi connectivity index (χ1n) is 7.92. The Balaban J connectivity index is 1.85. The minimum absolute atomic E-state index is 0.156. The lowest BCUT2D eigenvalue weighted by Crippen LogP contribution is -2.25. The van der Waals surface area contributed by atoms with Crippen molar-refractivity contribution in [1.82, 2.24) is 4.98 Å². The number of β-amino-alcohol motifs (C(OH)–C–C–N with tert-alkyl or cyclic N) is 1. The van der Waals surface area contributed by atoms with Crippen LogP contribution in [0, 0.1) is 5.82 Å². The molecule has 1 fully saturated rings. The van der Waals surface area contributed by atoms with Gasteiger partial charge in [0, 0.05) is 12.7 Å². The van der Waals surface area contributed by atoms with E-state index in [-0.39, 0.29) is 11.9 Å². The molecule has 1 aromatic carbocycles. The normalized spacial score (nSPS) is 20.2. The van der Waals surface area contributed by atoms with E-state index >= 15 is 0 Å². The third-order valence-electron chi connectivity index (χ3n) is 4.07. The van der Waals surface area contributed by atoms with Crippen molar-refractivity contribution >= 4 is 11.8 Å². The highest BCUT2D eigenvalue weighted by Crippen LogP contribution is 2.35. The van der Waals surface area contributed by atoms with Crippen molar-refractivity contribution in [1.29, 1.82) is 0 Å². The van der Waals surface area contributed by atoms with Crippen LogP contribution >= 0.6 is 0 Å². The molecule has 1 saturated heterocycles. The number of hydrogen-bond donors (Lipinski definition) is 1. The zero-order chi connectivity index (χ0) is 17.1. The largest absolute Gasteiger partial charge is 0.462 e. The molecule has 2 unspecified atom stereocenters. The summed E-state index contributed by atoms with van der Waals surface area (Å²) < 4.78 is 18.5. The smallest absolute Gasteiger partial charge is 0.339 e. The van der Waals surface area contributed by atoms with E-state index in [0.29, 0.717) is 31.0 Å². The van der Waals surface area contributed by atoms with Gasteiger partial charge in [-0.1, -0.05) is 12.1 Å². The van der Waals surface area contributed by atoms with Gasteiger partial charge < -0.3 is 14.7 Å². The molecule has 0 saturated carbocycles. The minimum Gasteiger partial charge on any atom is -0.462 e. The number of aliphatic hydroxyl groups is 1. The fourth-order valence-corrected chi connectivity index (χ4v) is 2.99. The summed E-state index contributed by atoms with van der Waals surface area (Å²) in [6.45, 7) is 2.46. The van der Waals surface area contributed by atoms with Gasteiger partial charge in [-0.3, -0.25) is 0 Å². The molecule has 6 heteroatoms. The van der Waals surface area contributed by atoms with E-state index in [9.17, 15) is 14.3 Å². The minimum atomic E-state index is -0.509. The van der Waals surface area contributed by atoms with Gasteiger partial charge in [-0.15, -0.1) is 0 Å². The summed E-state index contributed by atoms with van der Waals surface area (Å²) in [6, 6.07) is 9.58. The van der Waals surface area contributed by atoms with E-state index < -0.39 is 12.1 Å². The first kappa shape index (κ1) is 16.4. The topological polar surface area (TPSA) is 62.7 Å². The van der Waals surface area contributed by atoms with Crippen LogP contribution in [0.25, 0.3) is 0 Å². The average molecular weight is 330 g/mol. The Hall–Kier alpha value is -2.47. The second kappa shape index (κ2) is 6.97. The number of carbonyl (C=O) groups is 1. The summed E-state index contributed by atoms with van der Waals surface area (Å²) in [5.41, 5.74) is 1.17. The maximum atomic E-state index is 13.5. The van der Waals surface area contributed by atoms with Crippen LogP contribution < -0.4 is 4.90 Å². The molecule has 5 nitrogen and oxygen atoms in total. The van der Waals surface area contributed by atoms with Crippen molar-refractivity contribution in [3.05, 3.63) is 59.5 Å². The molecule has 2 atom stereocenters. The Bertz CT molecular complexity index is 720. The first-order chi connectivity index (χ1) is 11.6. The van der Waals surface area contributed by atoms with Gasteiger partial charge in [-0.2, -0.15) is 0 Å². The van der Waals surface area contributed by atoms with Crippen molar-refractivity contribution in [3.63, 3.8) is 0 Å². The summed E-state index contributed by atoms with van der Waals surface area (Å²) in [6.07, 6.45) is 1.45. The van der Waals surface area contributed by atoms with Crippen molar-refractivity contribution < 1.29 is 19.0 Å². The van der Waals surface area contributed by atoms with Crippen LogP contribution in [0.4, 0.5) is 10.2 Å². The molecule has 3 rings (SSSR count). The van der Waals surface area contributed by atoms with Crippen LogP contribution in [0.3, 0.4) is 0 Å². The predicted molar refractivity (Wildman–Crippen MR) is 87.3 cm³/mol. The van der Waals surface area contributed by atoms with Crippen LogP contribution in [0.15, 0.2) is 42.6 Å². The Morgan fingerprint density at radius 1 is 1.42 bits per heavy atom. The number of aromatic nitrogens is 1. The van der Waals surface area contributed by atoms with E-state index in [4.69, 9.17) is 4.74 Å². The maximum Gasteiger partial charge on any atom is 0.339 e. The number of hydrogen-bond acceptors (Lipinski definition) is 5. The number of nitrogens with zero attached hydrogens (tertiary/aromatic N) is 2. The number of rotatable bonds is 4. The van der Waals surface area contributed by atoms with Gasteiger partial charge in [0.15, 0.2) is 0 Å². The zero-order valence-electron chi connectivity index (χ0n) is 13.4. The zero-order valence-corrected chi connectivity index (χ0v) is 13.4. The molecule has 126 valence electrons. The summed E-state index contributed by atoms with van der Waals surface area (Å²) in [4.78, 5) is 17.9. The molecular weight excluding hydrogens is 311 g/mol. The Kier molecular flexibility index (Phi) is 4.76. The molecule has 0 bridgehead atoms. The number of pyridine rings is 1. The van der Waals surface area contributed by atoms with Crippen LogP contribution in [0.2, 0.25) is 0 Å². The van der Waals surface area contributed by atoms with Gasteiger partial charge in [0.2, 0.25) is 0 Å². The third kappa shape index (κ3) is 3.38. The summed E-state index contributed by atoms with van der Waals surface area (Å²) in [5, 5.41) is 10.0. The predicted octanol–water partition coefficient (Wildman–Crippen LogP) is 2.71. The molecule has 0 radical (unpaired) electrons. The molecule has 0 spiro atoms. The van der Waals surface area contributed by atoms with Gasteiger partial charge in [-0.25, -0.2) is 14.2 Å². The third-order valence-corrected chi connectivity index (χ3v) is 4.07. The summed E-state index contributed by atoms with van der Waals surface area (Å²) >= 11 is 0. The standard InChI is InChI=1S/C18H19FN2O3/c1-2-24-18(23)13-6-7-17(20-10-13)21-11-15(22)9-16(21)12-4-3-5-14(19)8-12/h3-8,10,15-16,22H,2,9,11H2,1H3. The van der Waals surface area contributed by atoms with Gasteiger partial charge in [0.1, 0.15) is 11.6 Å². The van der Waals surface area contributed by atoms with Gasteiger partial charge in [0.25, 0.3) is 0 Å². The SMILES string of the molecule is CCOC(=O)c1ccc(N2CC(O)CC2c2cccc(F)c2)nc1. The quantitative estimate of drug-likeness (QED) is 0.874. The van der Waals surface area contributed by atoms with Crippen LogP contribution in [-0.2, 0) is 4.74 Å². The second-order valence-corrected chi connectivity index (χ2v) is 5.74. The van der Waals surface area contributed by atoms with Crippen LogP contribution in [0.5, 0.6) is 0 Å². The van der Waals surface area contributed by atoms with E-state index in [1.807, 2.05) is 11.0 Å². The lowest BCUT2D eigenvalue weighted by Gasteiger charge is -2.25. The molecule has 2 aromatic rings. The lowest BCUT2D eigenvalue weighted by molar-refractivity contribution is 0.0526. The van der Waals surface area contributed by atoms with Gasteiger partial charge >= 0.3 is 5.97 Å². The molecule has 1 N–H and O–H groups in total. The molecule has 1 aliphatic heterocycles. The highest BCUT2D eigenvalue weighted by atomic mass is 19.1. The summed E-state index contributed by atoms with van der Waals surface area (Å²) in [7, 11) is 0. The van der Waals surface area contributed by atoms with Crippen LogP contribution in [0.1, 0.15) is 35.3 Å². The van der Waals surface area contributed by atoms with E-state index in [2.05, 4.69) is 4.98 Å². The monoisotopic (exact) mass is 330 g/mol. The molecule has 24 heavy (non-hydrogen) atoms. The number of halogens is 1. The Labute approximate surface area is 139 Å². The second-order valence-electron chi connectivity index (χ2n) is 5.74. The van der Waals surface area contributed by atoms with E-state index in [1.54, 1.807) is 25.1 Å². The number of benzene rings is 1. The highest BCUT2D eigenvalue weighted by Gasteiger charge is 2.33. The van der Waals surface area contributed by atoms with Crippen LogP contribution in [-0.4, -0.2) is 35.3 Å². The van der Waals surface area contributed by atoms with Gasteiger partial charge in [-0.05, 0) is 43.2 Å². The van der Waals surface area contributed by atoms with E-state index in [0.717, 1.165) is 5.56 Å². The van der Waals surface area contributed by atoms with Crippen molar-refractivity contribution in [2.45, 2.75) is 25.5 Å². The Morgan fingerprint density at radius 2 is 2.25 bits per heavy atom. The molecule has 2 heterocycles. The fourth-order valence-electron chi connectivity index (χ4n) is 2.99. The summed E-state index contributed by atoms with van der Waals surface area (Å²) in [5.74, 6) is -0.0898. The van der Waals surface area contributed by atoms with Crippen molar-refractivity contribution in [3.8, 4) is 0 Å².